The van der Waals surface area contributed by atoms with Crippen LogP contribution in [0.2, 0.25) is 0 Å². The first-order valence-corrected chi connectivity index (χ1v) is 3.84. The minimum Gasteiger partial charge on any atom is -0.0607 e. The molecule has 0 N–H and O–H groups in total. The van der Waals surface area contributed by atoms with E-state index in [-0.39, 0.29) is 0 Å². The Morgan fingerprint density at radius 3 is 2.82 bits per heavy atom. The highest BCUT2D eigenvalue weighted by Gasteiger charge is 1.93. The number of hydrogen-bond acceptors (Lipinski definition) is 1. The number of azide groups is 1. The van der Waals surface area contributed by atoms with E-state index in [1.54, 1.807) is 12.1 Å². The van der Waals surface area contributed by atoms with Crippen LogP contribution in [0.15, 0.2) is 27.8 Å². The smallest absolute Gasteiger partial charge is 0.0386 e. The lowest BCUT2D eigenvalue weighted by Crippen LogP contribution is -1.72. The Labute approximate surface area is 72.8 Å². The van der Waals surface area contributed by atoms with Gasteiger partial charge in [0.25, 0.3) is 0 Å². The van der Waals surface area contributed by atoms with E-state index in [4.69, 9.17) is 5.53 Å². The fraction of sp³-hybridized carbons (Fsp3) is 0.143. The summed E-state index contributed by atoms with van der Waals surface area (Å²) in [6, 6.07) is 5.46. The zero-order chi connectivity index (χ0) is 8.27. The van der Waals surface area contributed by atoms with Crippen LogP contribution in [-0.4, -0.2) is 0 Å². The molecule has 1 rings (SSSR count). The van der Waals surface area contributed by atoms with Crippen LogP contribution in [-0.2, 0) is 0 Å². The van der Waals surface area contributed by atoms with Crippen molar-refractivity contribution in [2.45, 2.75) is 6.92 Å². The van der Waals surface area contributed by atoms with Gasteiger partial charge in [0.05, 0.1) is 0 Å². The minimum atomic E-state index is 0.630. The maximum atomic E-state index is 8.12. The molecular formula is C7H6BrN3. The molecule has 0 saturated heterocycles. The monoisotopic (exact) mass is 211 g/mol. The van der Waals surface area contributed by atoms with Crippen LogP contribution >= 0.6 is 15.9 Å². The molecule has 0 aliphatic rings. The summed E-state index contributed by atoms with van der Waals surface area (Å²) in [5, 5.41) is 3.46. The second-order valence-corrected chi connectivity index (χ2v) is 2.98. The van der Waals surface area contributed by atoms with E-state index in [0.29, 0.717) is 5.69 Å². The molecule has 0 unspecified atom stereocenters. The molecule has 0 bridgehead atoms. The second kappa shape index (κ2) is 3.42. The van der Waals surface area contributed by atoms with Gasteiger partial charge in [-0.25, -0.2) is 0 Å². The number of halogens is 1. The first-order chi connectivity index (χ1) is 5.24. The van der Waals surface area contributed by atoms with Crippen molar-refractivity contribution in [2.75, 3.05) is 0 Å². The Bertz CT molecular complexity index is 315. The average Bonchev–Trinajstić information content (AvgIpc) is 1.98. The van der Waals surface area contributed by atoms with Crippen molar-refractivity contribution in [3.8, 4) is 0 Å². The van der Waals surface area contributed by atoms with E-state index in [1.165, 1.54) is 0 Å². The summed E-state index contributed by atoms with van der Waals surface area (Å²) in [5.74, 6) is 0. The van der Waals surface area contributed by atoms with E-state index < -0.39 is 0 Å². The van der Waals surface area contributed by atoms with Gasteiger partial charge in [0.1, 0.15) is 0 Å². The van der Waals surface area contributed by atoms with Crippen molar-refractivity contribution in [2.24, 2.45) is 5.11 Å². The van der Waals surface area contributed by atoms with Crippen LogP contribution in [0.5, 0.6) is 0 Å². The standard InChI is InChI=1S/C7H6BrN3/c1-5-2-3-6(10-11-9)4-7(5)8/h2-4H,1H3. The van der Waals surface area contributed by atoms with Gasteiger partial charge >= 0.3 is 0 Å². The highest BCUT2D eigenvalue weighted by atomic mass is 79.9. The summed E-state index contributed by atoms with van der Waals surface area (Å²) < 4.78 is 0.961. The van der Waals surface area contributed by atoms with Gasteiger partial charge in [-0.2, -0.15) is 0 Å². The maximum absolute atomic E-state index is 8.12. The van der Waals surface area contributed by atoms with Crippen molar-refractivity contribution in [3.63, 3.8) is 0 Å². The van der Waals surface area contributed by atoms with Crippen molar-refractivity contribution < 1.29 is 0 Å². The van der Waals surface area contributed by atoms with Gasteiger partial charge in [-0.3, -0.25) is 0 Å². The zero-order valence-corrected chi connectivity index (χ0v) is 7.54. The fourth-order valence-corrected chi connectivity index (χ4v) is 1.06. The Morgan fingerprint density at radius 2 is 2.27 bits per heavy atom. The topological polar surface area (TPSA) is 48.8 Å². The maximum Gasteiger partial charge on any atom is 0.0386 e. The van der Waals surface area contributed by atoms with Crippen molar-refractivity contribution in [1.82, 2.24) is 0 Å². The second-order valence-electron chi connectivity index (χ2n) is 2.12. The minimum absolute atomic E-state index is 0.630. The van der Waals surface area contributed by atoms with Gasteiger partial charge < -0.3 is 0 Å². The van der Waals surface area contributed by atoms with Gasteiger partial charge in [-0.05, 0) is 24.1 Å². The Morgan fingerprint density at radius 1 is 1.55 bits per heavy atom. The molecule has 4 heteroatoms. The normalized spacial score (nSPS) is 8.91. The number of aryl methyl sites for hydroxylation is 1. The zero-order valence-electron chi connectivity index (χ0n) is 5.95. The molecule has 0 fully saturated rings. The average molecular weight is 212 g/mol. The summed E-state index contributed by atoms with van der Waals surface area (Å²) in [4.78, 5) is 2.68. The van der Waals surface area contributed by atoms with Gasteiger partial charge in [0.15, 0.2) is 0 Å². The van der Waals surface area contributed by atoms with E-state index in [9.17, 15) is 0 Å². The van der Waals surface area contributed by atoms with E-state index >= 15 is 0 Å². The van der Waals surface area contributed by atoms with Crippen molar-refractivity contribution in [3.05, 3.63) is 38.7 Å². The summed E-state index contributed by atoms with van der Waals surface area (Å²) in [7, 11) is 0. The molecule has 0 aromatic heterocycles. The van der Waals surface area contributed by atoms with Crippen LogP contribution in [0.4, 0.5) is 5.69 Å². The molecule has 0 radical (unpaired) electrons. The first-order valence-electron chi connectivity index (χ1n) is 3.05. The predicted molar refractivity (Wildman–Crippen MR) is 47.7 cm³/mol. The third-order valence-electron chi connectivity index (χ3n) is 1.32. The molecule has 1 aromatic carbocycles. The van der Waals surface area contributed by atoms with Gasteiger partial charge in [-0.1, -0.05) is 33.2 Å². The number of rotatable bonds is 1. The van der Waals surface area contributed by atoms with E-state index in [2.05, 4.69) is 26.0 Å². The Balaban J connectivity index is 3.14. The summed E-state index contributed by atoms with van der Waals surface area (Å²) in [6.07, 6.45) is 0. The Kier molecular flexibility index (Phi) is 2.52. The van der Waals surface area contributed by atoms with Gasteiger partial charge in [0.2, 0.25) is 0 Å². The fourth-order valence-electron chi connectivity index (χ4n) is 0.696. The van der Waals surface area contributed by atoms with E-state index in [1.807, 2.05) is 13.0 Å². The molecule has 3 nitrogen and oxygen atoms in total. The molecule has 0 aliphatic heterocycles. The highest BCUT2D eigenvalue weighted by Crippen LogP contribution is 2.22. The molecular weight excluding hydrogens is 206 g/mol. The summed E-state index contributed by atoms with van der Waals surface area (Å²) in [5.41, 5.74) is 9.88. The first kappa shape index (κ1) is 8.11. The number of nitrogens with zero attached hydrogens (tertiary/aromatic N) is 3. The van der Waals surface area contributed by atoms with Crippen molar-refractivity contribution in [1.29, 1.82) is 0 Å². The molecule has 56 valence electrons. The SMILES string of the molecule is Cc1ccc(N=[N+]=[N-])cc1Br. The molecule has 11 heavy (non-hydrogen) atoms. The lowest BCUT2D eigenvalue weighted by Gasteiger charge is -1.96. The Hall–Kier alpha value is -0.990. The van der Waals surface area contributed by atoms with Crippen molar-refractivity contribution >= 4 is 21.6 Å². The highest BCUT2D eigenvalue weighted by molar-refractivity contribution is 9.10. The van der Waals surface area contributed by atoms with Crippen LogP contribution in [0, 0.1) is 6.92 Å². The number of hydrogen-bond donors (Lipinski definition) is 0. The van der Waals surface area contributed by atoms with Crippen LogP contribution < -0.4 is 0 Å². The van der Waals surface area contributed by atoms with Crippen LogP contribution in [0.25, 0.3) is 10.4 Å². The quantitative estimate of drug-likeness (QED) is 0.387. The molecule has 0 saturated carbocycles. The summed E-state index contributed by atoms with van der Waals surface area (Å²) >= 11 is 3.33. The predicted octanol–water partition coefficient (Wildman–Crippen LogP) is 3.70. The molecule has 0 aliphatic carbocycles. The lowest BCUT2D eigenvalue weighted by atomic mass is 10.2. The van der Waals surface area contributed by atoms with E-state index in [0.717, 1.165) is 10.0 Å². The van der Waals surface area contributed by atoms with Gasteiger partial charge in [-0.15, -0.1) is 0 Å². The molecule has 0 heterocycles. The largest absolute Gasteiger partial charge is 0.0607 e. The molecule has 1 aromatic rings. The summed E-state index contributed by atoms with van der Waals surface area (Å²) in [6.45, 7) is 1.98. The third-order valence-corrected chi connectivity index (χ3v) is 2.17. The van der Waals surface area contributed by atoms with Crippen LogP contribution in [0.1, 0.15) is 5.56 Å². The molecule has 0 atom stereocenters. The molecule has 0 amide bonds. The molecule has 0 spiro atoms. The van der Waals surface area contributed by atoms with Crippen LogP contribution in [0.3, 0.4) is 0 Å². The van der Waals surface area contributed by atoms with Gasteiger partial charge in [0, 0.05) is 15.1 Å². The number of benzene rings is 1. The lowest BCUT2D eigenvalue weighted by molar-refractivity contribution is 1.39. The third kappa shape index (κ3) is 1.97.